The van der Waals surface area contributed by atoms with Crippen molar-refractivity contribution in [3.63, 3.8) is 0 Å². The number of aromatic nitrogens is 1. The summed E-state index contributed by atoms with van der Waals surface area (Å²) in [5, 5.41) is 12.5. The molecule has 1 saturated carbocycles. The van der Waals surface area contributed by atoms with Gasteiger partial charge in [0.25, 0.3) is 5.91 Å². The van der Waals surface area contributed by atoms with Crippen LogP contribution < -0.4 is 5.32 Å². The van der Waals surface area contributed by atoms with Crippen molar-refractivity contribution in [1.82, 2.24) is 10.3 Å². The van der Waals surface area contributed by atoms with Crippen LogP contribution in [0.3, 0.4) is 0 Å². The number of carboxylic acids is 1. The molecule has 0 unspecified atom stereocenters. The van der Waals surface area contributed by atoms with Crippen LogP contribution >= 0.6 is 11.6 Å². The zero-order valence-electron chi connectivity index (χ0n) is 12.0. The molecule has 2 N–H and O–H groups in total. The quantitative estimate of drug-likeness (QED) is 0.896. The van der Waals surface area contributed by atoms with E-state index in [-0.39, 0.29) is 18.0 Å². The highest BCUT2D eigenvalue weighted by molar-refractivity contribution is 6.33. The minimum absolute atomic E-state index is 0.130. The van der Waals surface area contributed by atoms with E-state index in [4.69, 9.17) is 11.6 Å². The molecule has 1 amide bonds. The minimum atomic E-state index is -0.849. The number of nitrogens with zero attached hydrogens (tertiary/aromatic N) is 1. The predicted octanol–water partition coefficient (Wildman–Crippen LogP) is 2.81. The summed E-state index contributed by atoms with van der Waals surface area (Å²) < 4.78 is 0. The maximum Gasteiger partial charge on any atom is 0.311 e. The van der Waals surface area contributed by atoms with Gasteiger partial charge in [0.1, 0.15) is 0 Å². The average molecular weight is 311 g/mol. The summed E-state index contributed by atoms with van der Waals surface area (Å²) in [6.45, 7) is 1.92. The van der Waals surface area contributed by atoms with Crippen LogP contribution in [-0.4, -0.2) is 28.5 Å². The van der Waals surface area contributed by atoms with Crippen LogP contribution in [0.2, 0.25) is 5.02 Å². The molecule has 0 bridgehead atoms. The summed E-state index contributed by atoms with van der Waals surface area (Å²) in [5.74, 6) is -1.21. The first-order valence-corrected chi connectivity index (χ1v) is 7.46. The molecule has 0 saturated heterocycles. The van der Waals surface area contributed by atoms with Crippen LogP contribution in [0.15, 0.2) is 12.3 Å². The van der Waals surface area contributed by atoms with E-state index in [0.29, 0.717) is 17.9 Å². The SMILES string of the molecule is Cc1cc(Cl)c(C(=O)NCC2(C(=O)O)CCCCC2)cn1. The molecule has 1 aliphatic carbocycles. The number of rotatable bonds is 4. The summed E-state index contributed by atoms with van der Waals surface area (Å²) in [7, 11) is 0. The number of hydrogen-bond acceptors (Lipinski definition) is 3. The monoisotopic (exact) mass is 310 g/mol. The molecule has 0 spiro atoms. The topological polar surface area (TPSA) is 79.3 Å². The number of carbonyl (C=O) groups excluding carboxylic acids is 1. The Hall–Kier alpha value is -1.62. The van der Waals surface area contributed by atoms with Crippen molar-refractivity contribution in [3.05, 3.63) is 28.5 Å². The molecule has 1 aromatic rings. The van der Waals surface area contributed by atoms with E-state index in [2.05, 4.69) is 10.3 Å². The number of amides is 1. The molecule has 1 aromatic heterocycles. The van der Waals surface area contributed by atoms with Crippen LogP contribution in [0.1, 0.15) is 48.2 Å². The molecule has 0 atom stereocenters. The fourth-order valence-electron chi connectivity index (χ4n) is 2.73. The summed E-state index contributed by atoms with van der Waals surface area (Å²) in [6.07, 6.45) is 5.44. The Morgan fingerprint density at radius 3 is 2.62 bits per heavy atom. The number of pyridine rings is 1. The van der Waals surface area contributed by atoms with E-state index in [1.165, 1.54) is 6.20 Å². The summed E-state index contributed by atoms with van der Waals surface area (Å²) in [5.41, 5.74) is 0.155. The van der Waals surface area contributed by atoms with E-state index in [0.717, 1.165) is 25.0 Å². The molecule has 0 aromatic carbocycles. The molecule has 2 rings (SSSR count). The summed E-state index contributed by atoms with van der Waals surface area (Å²) >= 11 is 6.03. The van der Waals surface area contributed by atoms with Crippen LogP contribution in [0.5, 0.6) is 0 Å². The Bertz CT molecular complexity index is 554. The molecular weight excluding hydrogens is 292 g/mol. The zero-order valence-corrected chi connectivity index (χ0v) is 12.7. The van der Waals surface area contributed by atoms with Gasteiger partial charge in [0.15, 0.2) is 0 Å². The van der Waals surface area contributed by atoms with Gasteiger partial charge in [0, 0.05) is 18.4 Å². The van der Waals surface area contributed by atoms with Gasteiger partial charge in [-0.1, -0.05) is 30.9 Å². The maximum absolute atomic E-state index is 12.2. The Kier molecular flexibility index (Phi) is 4.83. The lowest BCUT2D eigenvalue weighted by molar-refractivity contribution is -0.150. The van der Waals surface area contributed by atoms with Gasteiger partial charge >= 0.3 is 5.97 Å². The van der Waals surface area contributed by atoms with Crippen molar-refractivity contribution in [2.24, 2.45) is 5.41 Å². The number of hydrogen-bond donors (Lipinski definition) is 2. The number of carbonyl (C=O) groups is 2. The van der Waals surface area contributed by atoms with E-state index in [1.54, 1.807) is 13.0 Å². The van der Waals surface area contributed by atoms with Crippen molar-refractivity contribution in [2.75, 3.05) is 6.54 Å². The van der Waals surface area contributed by atoms with Crippen molar-refractivity contribution >= 4 is 23.5 Å². The van der Waals surface area contributed by atoms with Gasteiger partial charge in [-0.3, -0.25) is 14.6 Å². The van der Waals surface area contributed by atoms with Crippen molar-refractivity contribution in [2.45, 2.75) is 39.0 Å². The average Bonchev–Trinajstić information content (AvgIpc) is 2.45. The second kappa shape index (κ2) is 6.43. The number of halogens is 1. The molecule has 0 aliphatic heterocycles. The lowest BCUT2D eigenvalue weighted by Crippen LogP contribution is -2.44. The molecule has 5 nitrogen and oxygen atoms in total. The lowest BCUT2D eigenvalue weighted by atomic mass is 9.74. The normalized spacial score (nSPS) is 17.2. The van der Waals surface area contributed by atoms with Crippen molar-refractivity contribution in [3.8, 4) is 0 Å². The molecule has 1 fully saturated rings. The Balaban J connectivity index is 2.07. The van der Waals surface area contributed by atoms with Gasteiger partial charge < -0.3 is 10.4 Å². The lowest BCUT2D eigenvalue weighted by Gasteiger charge is -2.33. The second-order valence-corrected chi connectivity index (χ2v) is 6.04. The van der Waals surface area contributed by atoms with Gasteiger partial charge in [-0.25, -0.2) is 0 Å². The highest BCUT2D eigenvalue weighted by atomic mass is 35.5. The van der Waals surface area contributed by atoms with Gasteiger partial charge in [-0.2, -0.15) is 0 Å². The largest absolute Gasteiger partial charge is 0.481 e. The van der Waals surface area contributed by atoms with E-state index >= 15 is 0 Å². The summed E-state index contributed by atoms with van der Waals surface area (Å²) in [6, 6.07) is 1.62. The molecule has 1 heterocycles. The zero-order chi connectivity index (χ0) is 15.5. The Labute approximate surface area is 128 Å². The van der Waals surface area contributed by atoms with E-state index < -0.39 is 11.4 Å². The van der Waals surface area contributed by atoms with E-state index in [1.807, 2.05) is 0 Å². The maximum atomic E-state index is 12.2. The highest BCUT2D eigenvalue weighted by Crippen LogP contribution is 2.36. The molecule has 6 heteroatoms. The number of nitrogens with one attached hydrogen (secondary N) is 1. The van der Waals surface area contributed by atoms with Gasteiger partial charge in [0.2, 0.25) is 0 Å². The third-order valence-electron chi connectivity index (χ3n) is 4.09. The fraction of sp³-hybridized carbons (Fsp3) is 0.533. The molecule has 1 aliphatic rings. The third kappa shape index (κ3) is 3.53. The smallest absolute Gasteiger partial charge is 0.311 e. The summed E-state index contributed by atoms with van der Waals surface area (Å²) in [4.78, 5) is 27.7. The van der Waals surface area contributed by atoms with Gasteiger partial charge in [-0.05, 0) is 25.8 Å². The third-order valence-corrected chi connectivity index (χ3v) is 4.40. The Morgan fingerprint density at radius 2 is 2.05 bits per heavy atom. The fourth-order valence-corrected chi connectivity index (χ4v) is 3.03. The molecule has 114 valence electrons. The van der Waals surface area contributed by atoms with Crippen molar-refractivity contribution in [1.29, 1.82) is 0 Å². The molecular formula is C15H19ClN2O3. The van der Waals surface area contributed by atoms with E-state index in [9.17, 15) is 14.7 Å². The Morgan fingerprint density at radius 1 is 1.38 bits per heavy atom. The van der Waals surface area contributed by atoms with Crippen molar-refractivity contribution < 1.29 is 14.7 Å². The number of aliphatic carboxylic acids is 1. The number of aryl methyl sites for hydroxylation is 1. The van der Waals surface area contributed by atoms with Crippen LogP contribution in [0, 0.1) is 12.3 Å². The van der Waals surface area contributed by atoms with Gasteiger partial charge in [-0.15, -0.1) is 0 Å². The van der Waals surface area contributed by atoms with Crippen LogP contribution in [-0.2, 0) is 4.79 Å². The first kappa shape index (κ1) is 15.8. The first-order valence-electron chi connectivity index (χ1n) is 7.08. The van der Waals surface area contributed by atoms with Crippen LogP contribution in [0.25, 0.3) is 0 Å². The first-order chi connectivity index (χ1) is 9.94. The molecule has 21 heavy (non-hydrogen) atoms. The highest BCUT2D eigenvalue weighted by Gasteiger charge is 2.39. The number of carboxylic acid groups (broad SMARTS) is 1. The predicted molar refractivity (Wildman–Crippen MR) is 79.5 cm³/mol. The second-order valence-electron chi connectivity index (χ2n) is 5.63. The van der Waals surface area contributed by atoms with Crippen LogP contribution in [0.4, 0.5) is 0 Å². The standard InChI is InChI=1S/C15H19ClN2O3/c1-10-7-12(16)11(8-17-10)13(19)18-9-15(14(20)21)5-3-2-4-6-15/h7-8H,2-6,9H2,1H3,(H,18,19)(H,20,21). The minimum Gasteiger partial charge on any atom is -0.481 e. The molecule has 0 radical (unpaired) electrons. The van der Waals surface area contributed by atoms with Gasteiger partial charge in [0.05, 0.1) is 16.0 Å².